The first kappa shape index (κ1) is 12.8. The van der Waals surface area contributed by atoms with Crippen molar-refractivity contribution < 1.29 is 19.2 Å². The van der Waals surface area contributed by atoms with E-state index in [1.807, 2.05) is 0 Å². The van der Waals surface area contributed by atoms with Crippen LogP contribution in [0.4, 0.5) is 0 Å². The van der Waals surface area contributed by atoms with Crippen LogP contribution < -0.4 is 0 Å². The van der Waals surface area contributed by atoms with Crippen LogP contribution >= 0.6 is 0 Å². The highest BCUT2D eigenvalue weighted by molar-refractivity contribution is 6.20. The van der Waals surface area contributed by atoms with Gasteiger partial charge in [0.15, 0.2) is 0 Å². The topological polar surface area (TPSA) is 63.7 Å². The van der Waals surface area contributed by atoms with Gasteiger partial charge in [-0.25, -0.2) is 4.79 Å². The summed E-state index contributed by atoms with van der Waals surface area (Å²) in [5.74, 6) is -1.68. The lowest BCUT2D eigenvalue weighted by Crippen LogP contribution is -2.32. The van der Waals surface area contributed by atoms with E-state index in [4.69, 9.17) is 4.84 Å². The summed E-state index contributed by atoms with van der Waals surface area (Å²) < 4.78 is 0. The van der Waals surface area contributed by atoms with Crippen molar-refractivity contribution in [2.75, 3.05) is 0 Å². The SMILES string of the molecule is CC1(CCC(=O)ON2C(=O)c3ccccc3C2=O)CC1. The second-order valence-corrected chi connectivity index (χ2v) is 5.72. The molecule has 1 aromatic carbocycles. The largest absolute Gasteiger partial charge is 0.333 e. The van der Waals surface area contributed by atoms with Gasteiger partial charge in [0, 0.05) is 6.42 Å². The molecule has 20 heavy (non-hydrogen) atoms. The first-order chi connectivity index (χ1) is 9.50. The minimum atomic E-state index is -0.573. The Kier molecular flexibility index (Phi) is 2.85. The maximum atomic E-state index is 12.0. The van der Waals surface area contributed by atoms with Crippen molar-refractivity contribution in [2.45, 2.75) is 32.6 Å². The number of rotatable bonds is 4. The number of carbonyl (C=O) groups excluding carboxylic acids is 3. The molecule has 0 radical (unpaired) electrons. The van der Waals surface area contributed by atoms with Crippen LogP contribution in [0.5, 0.6) is 0 Å². The van der Waals surface area contributed by atoms with E-state index in [0.29, 0.717) is 5.06 Å². The zero-order chi connectivity index (χ0) is 14.3. The maximum Gasteiger partial charge on any atom is 0.333 e. The highest BCUT2D eigenvalue weighted by atomic mass is 16.7. The van der Waals surface area contributed by atoms with Crippen LogP contribution in [-0.2, 0) is 9.63 Å². The third kappa shape index (κ3) is 2.19. The number of hydrogen-bond acceptors (Lipinski definition) is 4. The van der Waals surface area contributed by atoms with Crippen LogP contribution in [0.1, 0.15) is 53.3 Å². The smallest absolute Gasteiger partial charge is 0.330 e. The van der Waals surface area contributed by atoms with Crippen molar-refractivity contribution in [3.8, 4) is 0 Å². The number of carbonyl (C=O) groups is 3. The van der Waals surface area contributed by atoms with Gasteiger partial charge in [0.2, 0.25) is 0 Å². The van der Waals surface area contributed by atoms with Gasteiger partial charge in [-0.3, -0.25) is 9.59 Å². The van der Waals surface area contributed by atoms with E-state index in [-0.39, 0.29) is 23.0 Å². The van der Waals surface area contributed by atoms with E-state index < -0.39 is 17.8 Å². The summed E-state index contributed by atoms with van der Waals surface area (Å²) in [4.78, 5) is 40.7. The average molecular weight is 273 g/mol. The second-order valence-electron chi connectivity index (χ2n) is 5.72. The van der Waals surface area contributed by atoms with Gasteiger partial charge in [0.05, 0.1) is 11.1 Å². The molecule has 0 bridgehead atoms. The van der Waals surface area contributed by atoms with Gasteiger partial charge in [0.25, 0.3) is 11.8 Å². The average Bonchev–Trinajstić information content (AvgIpc) is 3.14. The molecule has 0 unspecified atom stereocenters. The predicted octanol–water partition coefficient (Wildman–Crippen LogP) is 2.32. The number of fused-ring (bicyclic) bond motifs is 1. The molecule has 1 saturated carbocycles. The van der Waals surface area contributed by atoms with Gasteiger partial charge in [-0.1, -0.05) is 24.1 Å². The van der Waals surface area contributed by atoms with Gasteiger partial charge < -0.3 is 4.84 Å². The van der Waals surface area contributed by atoms with Gasteiger partial charge in [-0.2, -0.15) is 0 Å². The van der Waals surface area contributed by atoms with Gasteiger partial charge >= 0.3 is 5.97 Å². The van der Waals surface area contributed by atoms with Crippen LogP contribution in [0.2, 0.25) is 0 Å². The van der Waals surface area contributed by atoms with E-state index in [2.05, 4.69) is 6.92 Å². The van der Waals surface area contributed by atoms with Gasteiger partial charge in [-0.05, 0) is 36.8 Å². The Morgan fingerprint density at radius 3 is 2.25 bits per heavy atom. The normalized spacial score (nSPS) is 18.9. The number of amides is 2. The summed E-state index contributed by atoms with van der Waals surface area (Å²) in [6.07, 6.45) is 3.19. The predicted molar refractivity (Wildman–Crippen MR) is 69.6 cm³/mol. The van der Waals surface area contributed by atoms with Crippen molar-refractivity contribution in [2.24, 2.45) is 5.41 Å². The van der Waals surface area contributed by atoms with Crippen LogP contribution in [0, 0.1) is 5.41 Å². The zero-order valence-electron chi connectivity index (χ0n) is 11.2. The fourth-order valence-electron chi connectivity index (χ4n) is 2.26. The van der Waals surface area contributed by atoms with Crippen molar-refractivity contribution in [1.82, 2.24) is 5.06 Å². The van der Waals surface area contributed by atoms with E-state index in [1.165, 1.54) is 0 Å². The fraction of sp³-hybridized carbons (Fsp3) is 0.400. The number of imide groups is 1. The van der Waals surface area contributed by atoms with Gasteiger partial charge in [-0.15, -0.1) is 0 Å². The number of hydrogen-bond donors (Lipinski definition) is 0. The Morgan fingerprint density at radius 2 is 1.75 bits per heavy atom. The van der Waals surface area contributed by atoms with E-state index in [9.17, 15) is 14.4 Å². The fourth-order valence-corrected chi connectivity index (χ4v) is 2.26. The summed E-state index contributed by atoms with van der Waals surface area (Å²) in [6.45, 7) is 2.11. The molecular formula is C15H15NO4. The zero-order valence-corrected chi connectivity index (χ0v) is 11.2. The Hall–Kier alpha value is -2.17. The van der Waals surface area contributed by atoms with E-state index in [0.717, 1.165) is 19.3 Å². The standard InChI is InChI=1S/C15H15NO4/c1-15(8-9-15)7-6-12(17)20-16-13(18)10-4-2-3-5-11(10)14(16)19/h2-5H,6-9H2,1H3. The molecule has 0 atom stereocenters. The molecule has 0 N–H and O–H groups in total. The molecule has 2 amide bonds. The molecule has 0 aromatic heterocycles. The number of hydroxylamine groups is 2. The number of nitrogens with zero attached hydrogens (tertiary/aromatic N) is 1. The molecule has 1 aliphatic heterocycles. The molecule has 0 spiro atoms. The summed E-state index contributed by atoms with van der Waals surface area (Å²) in [5.41, 5.74) is 0.792. The van der Waals surface area contributed by atoms with Crippen molar-refractivity contribution in [3.63, 3.8) is 0 Å². The van der Waals surface area contributed by atoms with Gasteiger partial charge in [0.1, 0.15) is 0 Å². The van der Waals surface area contributed by atoms with Crippen LogP contribution in [0.15, 0.2) is 24.3 Å². The highest BCUT2D eigenvalue weighted by Crippen LogP contribution is 2.48. The third-order valence-corrected chi connectivity index (χ3v) is 3.99. The van der Waals surface area contributed by atoms with Crippen LogP contribution in [-0.4, -0.2) is 22.8 Å². The van der Waals surface area contributed by atoms with Crippen molar-refractivity contribution in [3.05, 3.63) is 35.4 Å². The lowest BCUT2D eigenvalue weighted by atomic mass is 10.0. The Labute approximate surface area is 116 Å². The minimum Gasteiger partial charge on any atom is -0.330 e. The molecule has 5 nitrogen and oxygen atoms in total. The summed E-state index contributed by atoms with van der Waals surface area (Å²) in [5, 5.41) is 0.572. The molecule has 1 aliphatic carbocycles. The Balaban J connectivity index is 1.65. The van der Waals surface area contributed by atoms with Crippen LogP contribution in [0.3, 0.4) is 0 Å². The highest BCUT2D eigenvalue weighted by Gasteiger charge is 2.40. The Bertz CT molecular complexity index is 569. The van der Waals surface area contributed by atoms with Crippen molar-refractivity contribution >= 4 is 17.8 Å². The van der Waals surface area contributed by atoms with Crippen molar-refractivity contribution in [1.29, 1.82) is 0 Å². The first-order valence-corrected chi connectivity index (χ1v) is 6.69. The summed E-state index contributed by atoms with van der Waals surface area (Å²) in [7, 11) is 0. The van der Waals surface area contributed by atoms with Crippen LogP contribution in [0.25, 0.3) is 0 Å². The second kappa shape index (κ2) is 4.44. The maximum absolute atomic E-state index is 12.0. The quantitative estimate of drug-likeness (QED) is 0.790. The monoisotopic (exact) mass is 273 g/mol. The summed E-state index contributed by atoms with van der Waals surface area (Å²) >= 11 is 0. The van der Waals surface area contributed by atoms with E-state index in [1.54, 1.807) is 24.3 Å². The molecule has 1 fully saturated rings. The molecule has 1 heterocycles. The molecule has 0 saturated heterocycles. The molecule has 3 rings (SSSR count). The molecule has 5 heteroatoms. The lowest BCUT2D eigenvalue weighted by molar-refractivity contribution is -0.168. The lowest BCUT2D eigenvalue weighted by Gasteiger charge is -2.13. The number of benzene rings is 1. The molecule has 1 aromatic rings. The summed E-state index contributed by atoms with van der Waals surface area (Å²) in [6, 6.07) is 6.44. The minimum absolute atomic E-state index is 0.226. The molecule has 2 aliphatic rings. The third-order valence-electron chi connectivity index (χ3n) is 3.99. The van der Waals surface area contributed by atoms with E-state index >= 15 is 0 Å². The molecular weight excluding hydrogens is 258 g/mol. The molecule has 104 valence electrons. The Morgan fingerprint density at radius 1 is 1.20 bits per heavy atom. The first-order valence-electron chi connectivity index (χ1n) is 6.69.